The zero-order chi connectivity index (χ0) is 18.6. The standard InChI is InChI=1S/C18H21NO6/c1-18(2,3)25-16(22)11-24-17(23)13-6-4-12(5-7-13)10-19-14(20)8-9-15(19)21/h4-7H,8-11H2,1-3H3. The molecule has 0 N–H and O–H groups in total. The smallest absolute Gasteiger partial charge is 0.344 e. The maximum atomic E-state index is 11.9. The molecule has 7 nitrogen and oxygen atoms in total. The van der Waals surface area contributed by atoms with Crippen LogP contribution in [0, 0.1) is 0 Å². The molecule has 0 bridgehead atoms. The van der Waals surface area contributed by atoms with Crippen molar-refractivity contribution in [3.8, 4) is 0 Å². The van der Waals surface area contributed by atoms with Crippen LogP contribution in [0.2, 0.25) is 0 Å². The number of hydrogen-bond donors (Lipinski definition) is 0. The van der Waals surface area contributed by atoms with E-state index in [-0.39, 0.29) is 36.8 Å². The molecule has 7 heteroatoms. The molecule has 1 heterocycles. The Morgan fingerprint density at radius 1 is 1.04 bits per heavy atom. The quantitative estimate of drug-likeness (QED) is 0.596. The first-order valence-corrected chi connectivity index (χ1v) is 7.97. The van der Waals surface area contributed by atoms with Crippen molar-refractivity contribution in [1.82, 2.24) is 4.90 Å². The zero-order valence-electron chi connectivity index (χ0n) is 14.5. The minimum Gasteiger partial charge on any atom is -0.457 e. The Bertz CT molecular complexity index is 671. The molecular weight excluding hydrogens is 326 g/mol. The monoisotopic (exact) mass is 347 g/mol. The Labute approximate surface area is 145 Å². The number of esters is 2. The molecule has 0 atom stereocenters. The van der Waals surface area contributed by atoms with Gasteiger partial charge in [0.2, 0.25) is 11.8 Å². The van der Waals surface area contributed by atoms with Crippen LogP contribution >= 0.6 is 0 Å². The van der Waals surface area contributed by atoms with Gasteiger partial charge in [-0.1, -0.05) is 12.1 Å². The summed E-state index contributed by atoms with van der Waals surface area (Å²) in [4.78, 5) is 47.9. The second-order valence-corrected chi connectivity index (χ2v) is 6.73. The van der Waals surface area contributed by atoms with E-state index in [1.807, 2.05) is 0 Å². The molecule has 1 fully saturated rings. The maximum absolute atomic E-state index is 11.9. The predicted molar refractivity (Wildman–Crippen MR) is 87.4 cm³/mol. The van der Waals surface area contributed by atoms with E-state index in [2.05, 4.69) is 0 Å². The Morgan fingerprint density at radius 2 is 1.60 bits per heavy atom. The molecule has 1 aliphatic heterocycles. The Balaban J connectivity index is 1.89. The van der Waals surface area contributed by atoms with Gasteiger partial charge in [-0.2, -0.15) is 0 Å². The van der Waals surface area contributed by atoms with Crippen molar-refractivity contribution in [2.45, 2.75) is 45.8 Å². The van der Waals surface area contributed by atoms with Gasteiger partial charge >= 0.3 is 11.9 Å². The van der Waals surface area contributed by atoms with Gasteiger partial charge in [-0.3, -0.25) is 14.5 Å². The van der Waals surface area contributed by atoms with Gasteiger partial charge in [0.15, 0.2) is 6.61 Å². The number of carbonyl (C=O) groups is 4. The molecule has 25 heavy (non-hydrogen) atoms. The molecule has 0 spiro atoms. The van der Waals surface area contributed by atoms with Crippen LogP contribution in [0.5, 0.6) is 0 Å². The molecule has 0 aliphatic carbocycles. The molecule has 1 aromatic rings. The Morgan fingerprint density at radius 3 is 2.12 bits per heavy atom. The van der Waals surface area contributed by atoms with Crippen LogP contribution in [0.1, 0.15) is 49.5 Å². The fourth-order valence-electron chi connectivity index (χ4n) is 2.31. The van der Waals surface area contributed by atoms with Gasteiger partial charge in [-0.25, -0.2) is 9.59 Å². The van der Waals surface area contributed by atoms with Crippen molar-refractivity contribution in [3.05, 3.63) is 35.4 Å². The summed E-state index contributed by atoms with van der Waals surface area (Å²) < 4.78 is 9.96. The van der Waals surface area contributed by atoms with E-state index in [1.165, 1.54) is 17.0 Å². The summed E-state index contributed by atoms with van der Waals surface area (Å²) in [5.41, 5.74) is 0.356. The van der Waals surface area contributed by atoms with Crippen molar-refractivity contribution in [3.63, 3.8) is 0 Å². The molecule has 0 saturated carbocycles. The maximum Gasteiger partial charge on any atom is 0.344 e. The number of ether oxygens (including phenoxy) is 2. The first-order chi connectivity index (χ1) is 11.7. The van der Waals surface area contributed by atoms with E-state index in [0.29, 0.717) is 0 Å². The SMILES string of the molecule is CC(C)(C)OC(=O)COC(=O)c1ccc(CN2C(=O)CCC2=O)cc1. The fourth-order valence-corrected chi connectivity index (χ4v) is 2.31. The molecule has 134 valence electrons. The van der Waals surface area contributed by atoms with Gasteiger partial charge in [-0.05, 0) is 38.5 Å². The second kappa shape index (κ2) is 7.46. The van der Waals surface area contributed by atoms with Gasteiger partial charge in [0, 0.05) is 12.8 Å². The predicted octanol–water partition coefficient (Wildman–Crippen LogP) is 1.83. The van der Waals surface area contributed by atoms with E-state index in [9.17, 15) is 19.2 Å². The zero-order valence-corrected chi connectivity index (χ0v) is 14.5. The number of benzene rings is 1. The summed E-state index contributed by atoms with van der Waals surface area (Å²) in [6.07, 6.45) is 0.488. The minimum atomic E-state index is -0.647. The summed E-state index contributed by atoms with van der Waals surface area (Å²) in [6, 6.07) is 6.33. The minimum absolute atomic E-state index is 0.185. The second-order valence-electron chi connectivity index (χ2n) is 6.73. The Kier molecular flexibility index (Phi) is 5.56. The first-order valence-electron chi connectivity index (χ1n) is 7.97. The lowest BCUT2D eigenvalue weighted by Crippen LogP contribution is -2.28. The van der Waals surface area contributed by atoms with Crippen LogP contribution in [0.3, 0.4) is 0 Å². The molecule has 2 rings (SSSR count). The van der Waals surface area contributed by atoms with Crippen LogP contribution in [0.15, 0.2) is 24.3 Å². The highest BCUT2D eigenvalue weighted by atomic mass is 16.6. The summed E-state index contributed by atoms with van der Waals surface area (Å²) in [7, 11) is 0. The van der Waals surface area contributed by atoms with Crippen molar-refractivity contribution in [1.29, 1.82) is 0 Å². The molecule has 0 radical (unpaired) electrons. The molecule has 0 unspecified atom stereocenters. The van der Waals surface area contributed by atoms with Gasteiger partial charge in [0.25, 0.3) is 0 Å². The van der Waals surface area contributed by atoms with Gasteiger partial charge in [0.05, 0.1) is 12.1 Å². The van der Waals surface area contributed by atoms with E-state index < -0.39 is 24.1 Å². The normalized spacial score (nSPS) is 14.6. The van der Waals surface area contributed by atoms with E-state index in [1.54, 1.807) is 32.9 Å². The molecule has 1 saturated heterocycles. The lowest BCUT2D eigenvalue weighted by atomic mass is 10.1. The third-order valence-electron chi connectivity index (χ3n) is 3.43. The average Bonchev–Trinajstić information content (AvgIpc) is 2.83. The summed E-state index contributed by atoms with van der Waals surface area (Å²) in [6.45, 7) is 4.89. The van der Waals surface area contributed by atoms with E-state index >= 15 is 0 Å². The number of hydrogen-bond acceptors (Lipinski definition) is 6. The van der Waals surface area contributed by atoms with Crippen LogP contribution in [0.25, 0.3) is 0 Å². The molecule has 2 amide bonds. The molecule has 1 aromatic carbocycles. The Hall–Kier alpha value is -2.70. The van der Waals surface area contributed by atoms with Crippen molar-refractivity contribution in [2.75, 3.05) is 6.61 Å². The lowest BCUT2D eigenvalue weighted by molar-refractivity contribution is -0.158. The summed E-state index contributed by atoms with van der Waals surface area (Å²) >= 11 is 0. The van der Waals surface area contributed by atoms with Crippen molar-refractivity contribution in [2.24, 2.45) is 0 Å². The van der Waals surface area contributed by atoms with Gasteiger partial charge in [-0.15, -0.1) is 0 Å². The summed E-state index contributed by atoms with van der Waals surface area (Å²) in [5, 5.41) is 0. The summed E-state index contributed by atoms with van der Waals surface area (Å²) in [5.74, 6) is -1.65. The van der Waals surface area contributed by atoms with Crippen LogP contribution in [0.4, 0.5) is 0 Å². The number of rotatable bonds is 5. The molecular formula is C18H21NO6. The number of imide groups is 1. The van der Waals surface area contributed by atoms with E-state index in [4.69, 9.17) is 9.47 Å². The number of nitrogens with zero attached hydrogens (tertiary/aromatic N) is 1. The molecule has 1 aliphatic rings. The number of amides is 2. The fraction of sp³-hybridized carbons (Fsp3) is 0.444. The third kappa shape index (κ3) is 5.41. The van der Waals surface area contributed by atoms with Crippen LogP contribution in [-0.2, 0) is 30.4 Å². The van der Waals surface area contributed by atoms with Gasteiger partial charge in [0.1, 0.15) is 5.60 Å². The van der Waals surface area contributed by atoms with Crippen LogP contribution in [-0.4, -0.2) is 40.9 Å². The highest BCUT2D eigenvalue weighted by molar-refractivity contribution is 6.01. The van der Waals surface area contributed by atoms with Gasteiger partial charge < -0.3 is 9.47 Å². The lowest BCUT2D eigenvalue weighted by Gasteiger charge is -2.19. The topological polar surface area (TPSA) is 90.0 Å². The van der Waals surface area contributed by atoms with Crippen LogP contribution < -0.4 is 0 Å². The number of carbonyl (C=O) groups excluding carboxylic acids is 4. The number of likely N-dealkylation sites (tertiary alicyclic amines) is 1. The largest absolute Gasteiger partial charge is 0.457 e. The highest BCUT2D eigenvalue weighted by Gasteiger charge is 2.28. The van der Waals surface area contributed by atoms with Crippen molar-refractivity contribution >= 4 is 23.8 Å². The molecule has 0 aromatic heterocycles. The highest BCUT2D eigenvalue weighted by Crippen LogP contribution is 2.16. The average molecular weight is 347 g/mol. The van der Waals surface area contributed by atoms with Crippen molar-refractivity contribution < 1.29 is 28.7 Å². The first kappa shape index (κ1) is 18.6. The van der Waals surface area contributed by atoms with E-state index in [0.717, 1.165) is 5.56 Å². The third-order valence-corrected chi connectivity index (χ3v) is 3.43.